The highest BCUT2D eigenvalue weighted by Crippen LogP contribution is 2.22. The summed E-state index contributed by atoms with van der Waals surface area (Å²) in [6.07, 6.45) is 0.891. The predicted molar refractivity (Wildman–Crippen MR) is 51.9 cm³/mol. The molecule has 1 heterocycles. The summed E-state index contributed by atoms with van der Waals surface area (Å²) in [5.41, 5.74) is 0. The molecular weight excluding hydrogens is 184 g/mol. The van der Waals surface area contributed by atoms with Crippen LogP contribution in [0.3, 0.4) is 0 Å². The smallest absolute Gasteiger partial charge is 0.183 e. The number of rotatable bonds is 4. The van der Waals surface area contributed by atoms with Crippen molar-refractivity contribution in [3.63, 3.8) is 0 Å². The fourth-order valence-corrected chi connectivity index (χ4v) is 1.48. The van der Waals surface area contributed by atoms with E-state index >= 15 is 0 Å². The van der Waals surface area contributed by atoms with Crippen LogP contribution in [0.25, 0.3) is 0 Å². The molecule has 0 aromatic carbocycles. The first-order chi connectivity index (χ1) is 6.69. The van der Waals surface area contributed by atoms with Crippen LogP contribution in [0.1, 0.15) is 13.3 Å². The third-order valence-corrected chi connectivity index (χ3v) is 2.33. The summed E-state index contributed by atoms with van der Waals surface area (Å²) in [5, 5.41) is 9.57. The molecule has 4 heteroatoms. The van der Waals surface area contributed by atoms with Crippen molar-refractivity contribution in [1.82, 2.24) is 0 Å². The molecule has 0 aromatic rings. The summed E-state index contributed by atoms with van der Waals surface area (Å²) in [6, 6.07) is 0. The van der Waals surface area contributed by atoms with E-state index in [9.17, 15) is 5.11 Å². The zero-order valence-electron chi connectivity index (χ0n) is 8.68. The maximum absolute atomic E-state index is 9.57. The lowest BCUT2D eigenvalue weighted by Crippen LogP contribution is -2.47. The molecule has 1 saturated heterocycles. The molecule has 14 heavy (non-hydrogen) atoms. The van der Waals surface area contributed by atoms with Crippen LogP contribution in [0.4, 0.5) is 0 Å². The number of ether oxygens (including phenoxy) is 3. The van der Waals surface area contributed by atoms with Gasteiger partial charge >= 0.3 is 0 Å². The van der Waals surface area contributed by atoms with Crippen LogP contribution in [0.15, 0.2) is 12.7 Å². The summed E-state index contributed by atoms with van der Waals surface area (Å²) in [7, 11) is 1.57. The summed E-state index contributed by atoms with van der Waals surface area (Å²) in [5.74, 6) is 0. The zero-order valence-corrected chi connectivity index (χ0v) is 8.68. The van der Waals surface area contributed by atoms with E-state index < -0.39 is 12.4 Å². The van der Waals surface area contributed by atoms with Crippen LogP contribution in [-0.2, 0) is 14.2 Å². The third-order valence-electron chi connectivity index (χ3n) is 2.33. The SMILES string of the molecule is C=CCO[C@@H]1C[C@@H](O)[C@H](C)OC1OC. The largest absolute Gasteiger partial charge is 0.390 e. The Morgan fingerprint density at radius 3 is 2.93 bits per heavy atom. The molecule has 0 radical (unpaired) electrons. The average molecular weight is 202 g/mol. The minimum absolute atomic E-state index is 0.205. The van der Waals surface area contributed by atoms with Gasteiger partial charge in [-0.05, 0) is 6.92 Å². The first-order valence-corrected chi connectivity index (χ1v) is 4.77. The Morgan fingerprint density at radius 2 is 2.36 bits per heavy atom. The van der Waals surface area contributed by atoms with Crippen LogP contribution in [0.2, 0.25) is 0 Å². The quantitative estimate of drug-likeness (QED) is 0.682. The van der Waals surface area contributed by atoms with Crippen molar-refractivity contribution >= 4 is 0 Å². The van der Waals surface area contributed by atoms with E-state index in [4.69, 9.17) is 14.2 Å². The van der Waals surface area contributed by atoms with E-state index in [0.717, 1.165) is 0 Å². The minimum atomic E-state index is -0.490. The van der Waals surface area contributed by atoms with Gasteiger partial charge in [-0.2, -0.15) is 0 Å². The molecule has 1 rings (SSSR count). The molecule has 1 aliphatic heterocycles. The van der Waals surface area contributed by atoms with Crippen molar-refractivity contribution in [3.8, 4) is 0 Å². The highest BCUT2D eigenvalue weighted by molar-refractivity contribution is 4.80. The lowest BCUT2D eigenvalue weighted by atomic mass is 10.0. The Morgan fingerprint density at radius 1 is 1.64 bits per heavy atom. The fourth-order valence-electron chi connectivity index (χ4n) is 1.48. The molecular formula is C10H18O4. The standard InChI is InChI=1S/C10H18O4/c1-4-5-13-9-6-8(11)7(2)14-10(9)12-3/h4,7-11H,1,5-6H2,2-3H3/t7-,8+,9+,10?/m0/s1. The van der Waals surface area contributed by atoms with E-state index in [1.54, 1.807) is 13.2 Å². The van der Waals surface area contributed by atoms with Gasteiger partial charge in [-0.3, -0.25) is 0 Å². The van der Waals surface area contributed by atoms with Gasteiger partial charge in [0.2, 0.25) is 0 Å². The molecule has 1 fully saturated rings. The van der Waals surface area contributed by atoms with Gasteiger partial charge in [-0.1, -0.05) is 6.08 Å². The van der Waals surface area contributed by atoms with Gasteiger partial charge in [-0.25, -0.2) is 0 Å². The van der Waals surface area contributed by atoms with Gasteiger partial charge in [-0.15, -0.1) is 6.58 Å². The maximum atomic E-state index is 9.57. The van der Waals surface area contributed by atoms with Crippen LogP contribution in [0.5, 0.6) is 0 Å². The first-order valence-electron chi connectivity index (χ1n) is 4.77. The maximum Gasteiger partial charge on any atom is 0.183 e. The molecule has 1 unspecified atom stereocenters. The molecule has 0 spiro atoms. The molecule has 0 amide bonds. The molecule has 82 valence electrons. The normalized spacial score (nSPS) is 38.2. The molecule has 4 nitrogen and oxygen atoms in total. The Kier molecular flexibility index (Phi) is 4.54. The first kappa shape index (κ1) is 11.7. The van der Waals surface area contributed by atoms with Crippen molar-refractivity contribution in [3.05, 3.63) is 12.7 Å². The van der Waals surface area contributed by atoms with E-state index in [1.165, 1.54) is 0 Å². The molecule has 1 aliphatic rings. The topological polar surface area (TPSA) is 47.9 Å². The van der Waals surface area contributed by atoms with E-state index in [-0.39, 0.29) is 12.2 Å². The van der Waals surface area contributed by atoms with Gasteiger partial charge in [0, 0.05) is 13.5 Å². The second kappa shape index (κ2) is 5.46. The van der Waals surface area contributed by atoms with Crippen molar-refractivity contribution in [2.24, 2.45) is 0 Å². The predicted octanol–water partition coefficient (Wildman–Crippen LogP) is 0.700. The van der Waals surface area contributed by atoms with Crippen LogP contribution in [0, 0.1) is 0 Å². The third kappa shape index (κ3) is 2.78. The fraction of sp³-hybridized carbons (Fsp3) is 0.800. The summed E-state index contributed by atoms with van der Waals surface area (Å²) in [6.45, 7) is 5.82. The van der Waals surface area contributed by atoms with Crippen LogP contribution < -0.4 is 0 Å². The Balaban J connectivity index is 2.48. The van der Waals surface area contributed by atoms with Crippen molar-refractivity contribution < 1.29 is 19.3 Å². The van der Waals surface area contributed by atoms with Gasteiger partial charge in [0.1, 0.15) is 6.10 Å². The zero-order chi connectivity index (χ0) is 10.6. The Bertz CT molecular complexity index is 183. The number of aliphatic hydroxyl groups excluding tert-OH is 1. The van der Waals surface area contributed by atoms with Gasteiger partial charge in [0.25, 0.3) is 0 Å². The second-order valence-corrected chi connectivity index (χ2v) is 3.41. The Hall–Kier alpha value is -0.420. The highest BCUT2D eigenvalue weighted by Gasteiger charge is 2.35. The molecule has 0 aromatic heterocycles. The number of hydrogen-bond donors (Lipinski definition) is 1. The molecule has 1 N–H and O–H groups in total. The summed E-state index contributed by atoms with van der Waals surface area (Å²) in [4.78, 5) is 0. The lowest BCUT2D eigenvalue weighted by molar-refractivity contribution is -0.260. The Labute approximate surface area is 84.5 Å². The molecule has 0 bridgehead atoms. The van der Waals surface area contributed by atoms with Crippen molar-refractivity contribution in [2.75, 3.05) is 13.7 Å². The second-order valence-electron chi connectivity index (χ2n) is 3.41. The minimum Gasteiger partial charge on any atom is -0.390 e. The molecule has 4 atom stereocenters. The highest BCUT2D eigenvalue weighted by atomic mass is 16.7. The molecule has 0 saturated carbocycles. The molecule has 0 aliphatic carbocycles. The van der Waals surface area contributed by atoms with E-state index in [2.05, 4.69) is 6.58 Å². The summed E-state index contributed by atoms with van der Waals surface area (Å²) >= 11 is 0. The lowest BCUT2D eigenvalue weighted by Gasteiger charge is -2.36. The number of hydrogen-bond acceptors (Lipinski definition) is 4. The van der Waals surface area contributed by atoms with Crippen LogP contribution in [-0.4, -0.2) is 43.4 Å². The summed E-state index contributed by atoms with van der Waals surface area (Å²) < 4.78 is 16.0. The monoisotopic (exact) mass is 202 g/mol. The van der Waals surface area contributed by atoms with E-state index in [0.29, 0.717) is 13.0 Å². The van der Waals surface area contributed by atoms with Crippen molar-refractivity contribution in [2.45, 2.75) is 37.9 Å². The average Bonchev–Trinajstić information content (AvgIpc) is 2.19. The number of aliphatic hydroxyl groups is 1. The van der Waals surface area contributed by atoms with Gasteiger partial charge < -0.3 is 19.3 Å². The van der Waals surface area contributed by atoms with E-state index in [1.807, 2.05) is 6.92 Å². The van der Waals surface area contributed by atoms with Crippen LogP contribution >= 0.6 is 0 Å². The number of methoxy groups -OCH3 is 1. The van der Waals surface area contributed by atoms with Crippen molar-refractivity contribution in [1.29, 1.82) is 0 Å². The van der Waals surface area contributed by atoms with Gasteiger partial charge in [0.15, 0.2) is 6.29 Å². The van der Waals surface area contributed by atoms with Gasteiger partial charge in [0.05, 0.1) is 18.8 Å².